The Labute approximate surface area is 107 Å². The fraction of sp³-hybridized carbons (Fsp3) is 0.143. The van der Waals surface area contributed by atoms with Crippen molar-refractivity contribution in [2.24, 2.45) is 0 Å². The maximum absolute atomic E-state index is 12.1. The number of aryl methyl sites for hydroxylation is 1. The highest BCUT2D eigenvalue weighted by Crippen LogP contribution is 2.41. The van der Waals surface area contributed by atoms with Crippen LogP contribution in [0.15, 0.2) is 54.6 Å². The van der Waals surface area contributed by atoms with Gasteiger partial charge in [-0.1, -0.05) is 37.3 Å². The zero-order valence-electron chi connectivity index (χ0n) is 10.1. The second-order valence-electron chi connectivity index (χ2n) is 3.94. The van der Waals surface area contributed by atoms with Gasteiger partial charge in [-0.05, 0) is 36.2 Å². The minimum atomic E-state index is -3.80. The van der Waals surface area contributed by atoms with Crippen molar-refractivity contribution in [2.45, 2.75) is 13.3 Å². The Morgan fingerprint density at radius 1 is 1.06 bits per heavy atom. The summed E-state index contributed by atoms with van der Waals surface area (Å²) in [6, 6.07) is 15.6. The van der Waals surface area contributed by atoms with Crippen molar-refractivity contribution in [1.82, 2.24) is 0 Å². The lowest BCUT2D eigenvalue weighted by atomic mass is 10.2. The second-order valence-corrected chi connectivity index (χ2v) is 5.68. The molecule has 2 rings (SSSR count). The lowest BCUT2D eigenvalue weighted by molar-refractivity contribution is 0.393. The summed E-state index contributed by atoms with van der Waals surface area (Å²) in [5.41, 5.74) is 1.12. The number of benzene rings is 2. The third-order valence-electron chi connectivity index (χ3n) is 2.64. The topological polar surface area (TPSA) is 46.5 Å². The summed E-state index contributed by atoms with van der Waals surface area (Å²) in [6.07, 6.45) is 0.898. The molecule has 1 unspecified atom stereocenters. The van der Waals surface area contributed by atoms with E-state index in [0.717, 1.165) is 12.0 Å². The minimum absolute atomic E-state index is 0.309. The lowest BCUT2D eigenvalue weighted by Gasteiger charge is -2.13. The molecule has 0 amide bonds. The molecule has 94 valence electrons. The van der Waals surface area contributed by atoms with Crippen LogP contribution in [0, 0.1) is 0 Å². The second kappa shape index (κ2) is 5.38. The van der Waals surface area contributed by atoms with Crippen molar-refractivity contribution in [3.8, 4) is 5.75 Å². The first-order valence-electron chi connectivity index (χ1n) is 5.79. The molecule has 0 saturated carbocycles. The zero-order valence-corrected chi connectivity index (χ0v) is 11.0. The van der Waals surface area contributed by atoms with Crippen molar-refractivity contribution in [2.75, 3.05) is 0 Å². The van der Waals surface area contributed by atoms with Gasteiger partial charge in [0.05, 0.1) is 5.30 Å². The van der Waals surface area contributed by atoms with E-state index >= 15 is 0 Å². The number of para-hydroxylation sites is 1. The van der Waals surface area contributed by atoms with Gasteiger partial charge in [0.15, 0.2) is 0 Å². The van der Waals surface area contributed by atoms with Crippen LogP contribution < -0.4 is 9.83 Å². The van der Waals surface area contributed by atoms with Gasteiger partial charge in [0, 0.05) is 0 Å². The predicted molar refractivity (Wildman–Crippen MR) is 72.3 cm³/mol. The molecule has 0 radical (unpaired) electrons. The highest BCUT2D eigenvalue weighted by atomic mass is 31.2. The first-order valence-corrected chi connectivity index (χ1v) is 7.36. The van der Waals surface area contributed by atoms with Crippen molar-refractivity contribution in [3.05, 3.63) is 60.2 Å². The average molecular weight is 262 g/mol. The first-order chi connectivity index (χ1) is 8.62. The van der Waals surface area contributed by atoms with E-state index in [1.54, 1.807) is 36.4 Å². The summed E-state index contributed by atoms with van der Waals surface area (Å²) in [7, 11) is -3.80. The van der Waals surface area contributed by atoms with Gasteiger partial charge in [0.1, 0.15) is 5.75 Å². The van der Waals surface area contributed by atoms with Gasteiger partial charge in [0.25, 0.3) is 0 Å². The average Bonchev–Trinajstić information content (AvgIpc) is 2.39. The molecule has 0 spiro atoms. The molecule has 0 heterocycles. The van der Waals surface area contributed by atoms with Crippen LogP contribution in [0.4, 0.5) is 0 Å². The Kier molecular flexibility index (Phi) is 3.85. The van der Waals surface area contributed by atoms with Crippen LogP contribution in [0.3, 0.4) is 0 Å². The Morgan fingerprint density at radius 3 is 2.22 bits per heavy atom. The highest BCUT2D eigenvalue weighted by molar-refractivity contribution is 7.61. The largest absolute Gasteiger partial charge is 0.421 e. The van der Waals surface area contributed by atoms with Crippen molar-refractivity contribution in [3.63, 3.8) is 0 Å². The molecule has 0 aliphatic heterocycles. The summed E-state index contributed by atoms with van der Waals surface area (Å²) in [6.45, 7) is 2.04. The molecule has 0 fully saturated rings. The van der Waals surface area contributed by atoms with Crippen LogP contribution in [0.5, 0.6) is 5.75 Å². The molecule has 18 heavy (non-hydrogen) atoms. The van der Waals surface area contributed by atoms with Crippen molar-refractivity contribution < 1.29 is 14.0 Å². The third kappa shape index (κ3) is 3.00. The van der Waals surface area contributed by atoms with Gasteiger partial charge in [-0.25, -0.2) is 4.57 Å². The van der Waals surface area contributed by atoms with Crippen LogP contribution in [0.2, 0.25) is 0 Å². The van der Waals surface area contributed by atoms with Crippen molar-refractivity contribution in [1.29, 1.82) is 0 Å². The Balaban J connectivity index is 2.22. The third-order valence-corrected chi connectivity index (χ3v) is 4.05. The summed E-state index contributed by atoms with van der Waals surface area (Å²) in [4.78, 5) is 9.94. The number of rotatable bonds is 4. The van der Waals surface area contributed by atoms with E-state index in [0.29, 0.717) is 11.1 Å². The van der Waals surface area contributed by atoms with E-state index in [1.807, 2.05) is 25.1 Å². The van der Waals surface area contributed by atoms with Crippen LogP contribution in [-0.2, 0) is 11.0 Å². The van der Waals surface area contributed by atoms with Crippen LogP contribution >= 0.6 is 7.60 Å². The van der Waals surface area contributed by atoms with E-state index in [2.05, 4.69) is 0 Å². The van der Waals surface area contributed by atoms with E-state index in [4.69, 9.17) is 4.52 Å². The van der Waals surface area contributed by atoms with E-state index in [1.165, 1.54) is 0 Å². The summed E-state index contributed by atoms with van der Waals surface area (Å²) < 4.78 is 17.3. The molecule has 4 heteroatoms. The maximum Gasteiger partial charge on any atom is 0.408 e. The van der Waals surface area contributed by atoms with E-state index in [9.17, 15) is 9.46 Å². The van der Waals surface area contributed by atoms with Gasteiger partial charge in [-0.15, -0.1) is 0 Å². The summed E-state index contributed by atoms with van der Waals surface area (Å²) in [5.74, 6) is 0.392. The fourth-order valence-corrected chi connectivity index (χ4v) is 2.64. The number of hydrogen-bond acceptors (Lipinski definition) is 2. The fourth-order valence-electron chi connectivity index (χ4n) is 1.60. The van der Waals surface area contributed by atoms with Crippen LogP contribution in [-0.4, -0.2) is 4.89 Å². The molecule has 1 atom stereocenters. The van der Waals surface area contributed by atoms with Crippen molar-refractivity contribution >= 4 is 12.9 Å². The zero-order chi connectivity index (χ0) is 13.0. The summed E-state index contributed by atoms with van der Waals surface area (Å²) in [5, 5.41) is 0.309. The molecule has 2 aromatic rings. The molecule has 0 saturated heterocycles. The van der Waals surface area contributed by atoms with E-state index in [-0.39, 0.29) is 0 Å². The smallest absolute Gasteiger partial charge is 0.408 e. The molecule has 2 aromatic carbocycles. The van der Waals surface area contributed by atoms with Gasteiger partial charge in [-0.3, -0.25) is 0 Å². The van der Waals surface area contributed by atoms with Gasteiger partial charge < -0.3 is 9.42 Å². The van der Waals surface area contributed by atoms with Gasteiger partial charge in [-0.2, -0.15) is 0 Å². The molecule has 0 aliphatic carbocycles. The SMILES string of the molecule is CCc1ccc(P(=O)(O)Oc2ccccc2)cc1. The summed E-state index contributed by atoms with van der Waals surface area (Å²) >= 11 is 0. The van der Waals surface area contributed by atoms with Crippen LogP contribution in [0.25, 0.3) is 0 Å². The predicted octanol–water partition coefficient (Wildman–Crippen LogP) is 3.14. The Bertz CT molecular complexity index is 549. The quantitative estimate of drug-likeness (QED) is 0.861. The Morgan fingerprint density at radius 2 is 1.67 bits per heavy atom. The lowest BCUT2D eigenvalue weighted by Crippen LogP contribution is -2.09. The van der Waals surface area contributed by atoms with Crippen LogP contribution in [0.1, 0.15) is 12.5 Å². The normalized spacial score (nSPS) is 13.9. The van der Waals surface area contributed by atoms with Gasteiger partial charge in [0.2, 0.25) is 0 Å². The monoisotopic (exact) mass is 262 g/mol. The molecule has 0 aromatic heterocycles. The molecule has 1 N–H and O–H groups in total. The molecule has 0 bridgehead atoms. The standard InChI is InChI=1S/C14H15O3P/c1-2-12-8-10-14(11-9-12)18(15,16)17-13-6-4-3-5-7-13/h3-11H,2H2,1H3,(H,15,16). The molecular weight excluding hydrogens is 247 g/mol. The minimum Gasteiger partial charge on any atom is -0.421 e. The first kappa shape index (κ1) is 12.9. The van der Waals surface area contributed by atoms with Gasteiger partial charge >= 0.3 is 7.60 Å². The molecule has 3 nitrogen and oxygen atoms in total. The van der Waals surface area contributed by atoms with E-state index < -0.39 is 7.60 Å². The molecular formula is C14H15O3P. The highest BCUT2D eigenvalue weighted by Gasteiger charge is 2.23. The molecule has 0 aliphatic rings. The number of hydrogen-bond donors (Lipinski definition) is 1. The Hall–Kier alpha value is -1.57. The maximum atomic E-state index is 12.1.